The summed E-state index contributed by atoms with van der Waals surface area (Å²) < 4.78 is 13.4. The maximum absolute atomic E-state index is 13.4. The van der Waals surface area contributed by atoms with Gasteiger partial charge in [0.05, 0.1) is 5.69 Å². The largest absolute Gasteiger partial charge is 0.480 e. The highest BCUT2D eigenvalue weighted by molar-refractivity contribution is 5.75. The Balaban J connectivity index is 3.24. The minimum atomic E-state index is -1.02. The first-order valence-electron chi connectivity index (χ1n) is 5.14. The predicted molar refractivity (Wildman–Crippen MR) is 61.2 cm³/mol. The van der Waals surface area contributed by atoms with E-state index in [0.29, 0.717) is 5.69 Å². The molecule has 90 valence electrons. The van der Waals surface area contributed by atoms with Crippen molar-refractivity contribution in [3.8, 4) is 6.07 Å². The Labute approximate surface area is 98.9 Å². The van der Waals surface area contributed by atoms with Crippen LogP contribution >= 0.6 is 0 Å². The van der Waals surface area contributed by atoms with E-state index >= 15 is 0 Å². The molecule has 0 radical (unpaired) electrons. The molecule has 0 atom stereocenters. The number of aliphatic carboxylic acids is 1. The Morgan fingerprint density at radius 2 is 2.24 bits per heavy atom. The van der Waals surface area contributed by atoms with Gasteiger partial charge in [-0.1, -0.05) is 6.07 Å². The Morgan fingerprint density at radius 1 is 1.59 bits per heavy atom. The van der Waals surface area contributed by atoms with Crippen LogP contribution in [0.5, 0.6) is 0 Å². The van der Waals surface area contributed by atoms with E-state index in [1.54, 1.807) is 26.0 Å². The lowest BCUT2D eigenvalue weighted by molar-refractivity contribution is -0.135. The van der Waals surface area contributed by atoms with Crippen LogP contribution in [0.2, 0.25) is 0 Å². The lowest BCUT2D eigenvalue weighted by Gasteiger charge is -2.27. The molecule has 0 aromatic heterocycles. The third-order valence-corrected chi connectivity index (χ3v) is 2.34. The summed E-state index contributed by atoms with van der Waals surface area (Å²) in [6, 6.07) is 5.81. The molecular formula is C12H13FN2O2. The van der Waals surface area contributed by atoms with Crippen molar-refractivity contribution >= 4 is 11.7 Å². The number of rotatable bonds is 4. The van der Waals surface area contributed by atoms with Gasteiger partial charge in [0.15, 0.2) is 0 Å². The monoisotopic (exact) mass is 236 g/mol. The maximum atomic E-state index is 13.4. The third kappa shape index (κ3) is 2.94. The molecule has 5 heteroatoms. The molecule has 1 aromatic carbocycles. The smallest absolute Gasteiger partial charge is 0.323 e. The number of halogens is 1. The molecular weight excluding hydrogens is 223 g/mol. The van der Waals surface area contributed by atoms with E-state index in [4.69, 9.17) is 10.4 Å². The minimum absolute atomic E-state index is 0.123. The minimum Gasteiger partial charge on any atom is -0.480 e. The van der Waals surface area contributed by atoms with Gasteiger partial charge in [-0.2, -0.15) is 5.26 Å². The van der Waals surface area contributed by atoms with Gasteiger partial charge < -0.3 is 10.0 Å². The first-order chi connectivity index (χ1) is 7.97. The van der Waals surface area contributed by atoms with Gasteiger partial charge in [0.25, 0.3) is 0 Å². The SMILES string of the molecule is CC(C)N(CC(=O)O)c1cccc(F)c1C#N. The van der Waals surface area contributed by atoms with Crippen molar-refractivity contribution in [2.24, 2.45) is 0 Å². The molecule has 1 rings (SSSR count). The number of nitriles is 1. The van der Waals surface area contributed by atoms with Crippen molar-refractivity contribution < 1.29 is 14.3 Å². The summed E-state index contributed by atoms with van der Waals surface area (Å²) in [6.07, 6.45) is 0. The molecule has 0 saturated carbocycles. The van der Waals surface area contributed by atoms with Gasteiger partial charge in [-0.15, -0.1) is 0 Å². The zero-order chi connectivity index (χ0) is 13.0. The van der Waals surface area contributed by atoms with Crippen LogP contribution in [0.15, 0.2) is 18.2 Å². The summed E-state index contributed by atoms with van der Waals surface area (Å²) in [4.78, 5) is 12.2. The fourth-order valence-electron chi connectivity index (χ4n) is 1.55. The number of anilines is 1. The quantitative estimate of drug-likeness (QED) is 0.868. The van der Waals surface area contributed by atoms with Gasteiger partial charge >= 0.3 is 5.97 Å². The summed E-state index contributed by atoms with van der Waals surface area (Å²) in [7, 11) is 0. The van der Waals surface area contributed by atoms with Gasteiger partial charge in [-0.25, -0.2) is 4.39 Å². The molecule has 1 N–H and O–H groups in total. The van der Waals surface area contributed by atoms with Crippen LogP contribution in [0, 0.1) is 17.1 Å². The zero-order valence-corrected chi connectivity index (χ0v) is 9.64. The second-order valence-electron chi connectivity index (χ2n) is 3.86. The summed E-state index contributed by atoms with van der Waals surface area (Å²) in [5, 5.41) is 17.7. The molecule has 0 amide bonds. The molecule has 1 aromatic rings. The first-order valence-corrected chi connectivity index (χ1v) is 5.14. The van der Waals surface area contributed by atoms with Crippen LogP contribution < -0.4 is 4.90 Å². The third-order valence-electron chi connectivity index (χ3n) is 2.34. The number of carbonyl (C=O) groups is 1. The first kappa shape index (κ1) is 13.0. The number of hydrogen-bond donors (Lipinski definition) is 1. The van der Waals surface area contributed by atoms with Crippen LogP contribution in [0.25, 0.3) is 0 Å². The van der Waals surface area contributed by atoms with E-state index < -0.39 is 11.8 Å². The Kier molecular flexibility index (Phi) is 4.05. The average molecular weight is 236 g/mol. The van der Waals surface area contributed by atoms with Gasteiger partial charge in [0.2, 0.25) is 0 Å². The normalized spacial score (nSPS) is 10.1. The molecule has 0 aliphatic carbocycles. The van der Waals surface area contributed by atoms with Crippen molar-refractivity contribution in [1.82, 2.24) is 0 Å². The van der Waals surface area contributed by atoms with Gasteiger partial charge in [-0.3, -0.25) is 4.79 Å². The van der Waals surface area contributed by atoms with E-state index in [1.165, 1.54) is 17.0 Å². The van der Waals surface area contributed by atoms with Crippen molar-refractivity contribution in [3.05, 3.63) is 29.6 Å². The lowest BCUT2D eigenvalue weighted by atomic mass is 10.1. The van der Waals surface area contributed by atoms with Gasteiger partial charge in [-0.05, 0) is 26.0 Å². The molecule has 17 heavy (non-hydrogen) atoms. The van der Waals surface area contributed by atoms with Crippen LogP contribution in [0.3, 0.4) is 0 Å². The lowest BCUT2D eigenvalue weighted by Crippen LogP contribution is -2.36. The maximum Gasteiger partial charge on any atom is 0.323 e. The number of benzene rings is 1. The van der Waals surface area contributed by atoms with Gasteiger partial charge in [0, 0.05) is 6.04 Å². The number of carboxylic acids is 1. The van der Waals surface area contributed by atoms with Crippen molar-refractivity contribution in [2.45, 2.75) is 19.9 Å². The molecule has 0 aliphatic heterocycles. The Bertz CT molecular complexity index is 466. The fraction of sp³-hybridized carbons (Fsp3) is 0.333. The summed E-state index contributed by atoms with van der Waals surface area (Å²) >= 11 is 0. The molecule has 0 bridgehead atoms. The molecule has 0 spiro atoms. The number of nitrogens with zero attached hydrogens (tertiary/aromatic N) is 2. The average Bonchev–Trinajstić information content (AvgIpc) is 2.25. The summed E-state index contributed by atoms with van der Waals surface area (Å²) in [5.41, 5.74) is 0.187. The number of hydrogen-bond acceptors (Lipinski definition) is 3. The molecule has 0 aliphatic rings. The predicted octanol–water partition coefficient (Wildman–Crippen LogP) is 2.00. The van der Waals surface area contributed by atoms with Crippen LogP contribution in [-0.4, -0.2) is 23.7 Å². The topological polar surface area (TPSA) is 64.3 Å². The molecule has 0 fully saturated rings. The second-order valence-corrected chi connectivity index (χ2v) is 3.86. The van der Waals surface area contributed by atoms with E-state index in [2.05, 4.69) is 0 Å². The molecule has 0 saturated heterocycles. The fourth-order valence-corrected chi connectivity index (χ4v) is 1.55. The highest BCUT2D eigenvalue weighted by Crippen LogP contribution is 2.24. The Hall–Kier alpha value is -2.09. The molecule has 4 nitrogen and oxygen atoms in total. The van der Waals surface area contributed by atoms with E-state index in [-0.39, 0.29) is 18.2 Å². The van der Waals surface area contributed by atoms with Crippen molar-refractivity contribution in [3.63, 3.8) is 0 Å². The highest BCUT2D eigenvalue weighted by Gasteiger charge is 2.19. The number of carboxylic acid groups (broad SMARTS) is 1. The zero-order valence-electron chi connectivity index (χ0n) is 9.64. The Morgan fingerprint density at radius 3 is 2.71 bits per heavy atom. The second kappa shape index (κ2) is 5.30. The van der Waals surface area contributed by atoms with E-state index in [1.807, 2.05) is 0 Å². The van der Waals surface area contributed by atoms with Crippen LogP contribution in [0.1, 0.15) is 19.4 Å². The summed E-state index contributed by atoms with van der Waals surface area (Å²) in [6.45, 7) is 3.31. The van der Waals surface area contributed by atoms with Gasteiger partial charge in [0.1, 0.15) is 24.0 Å². The van der Waals surface area contributed by atoms with Crippen LogP contribution in [0.4, 0.5) is 10.1 Å². The van der Waals surface area contributed by atoms with Crippen LogP contribution in [-0.2, 0) is 4.79 Å². The molecule has 0 unspecified atom stereocenters. The summed E-state index contributed by atoms with van der Waals surface area (Å²) in [5.74, 6) is -1.66. The highest BCUT2D eigenvalue weighted by atomic mass is 19.1. The standard InChI is InChI=1S/C12H13FN2O2/c1-8(2)15(7-12(16)17)11-5-3-4-10(13)9(11)6-14/h3-5,8H,7H2,1-2H3,(H,16,17). The van der Waals surface area contributed by atoms with E-state index in [9.17, 15) is 9.18 Å². The van der Waals surface area contributed by atoms with E-state index in [0.717, 1.165) is 0 Å². The molecule has 0 heterocycles. The van der Waals surface area contributed by atoms with Crippen molar-refractivity contribution in [2.75, 3.05) is 11.4 Å². The van der Waals surface area contributed by atoms with Crippen molar-refractivity contribution in [1.29, 1.82) is 5.26 Å².